The van der Waals surface area contributed by atoms with Crippen LogP contribution in [-0.4, -0.2) is 19.7 Å². The number of rotatable bonds is 4. The summed E-state index contributed by atoms with van der Waals surface area (Å²) in [5.41, 5.74) is 6.85. The second-order valence-electron chi connectivity index (χ2n) is 9.35. The molecule has 39 heavy (non-hydrogen) atoms. The van der Waals surface area contributed by atoms with Crippen molar-refractivity contribution >= 4 is 22.2 Å². The van der Waals surface area contributed by atoms with E-state index in [1.54, 1.807) is 12.3 Å². The van der Waals surface area contributed by atoms with Crippen LogP contribution in [0.2, 0.25) is 0 Å². The molecule has 0 amide bonds. The molecular weight excluding hydrogens is 499 g/mol. The van der Waals surface area contributed by atoms with Crippen molar-refractivity contribution in [3.63, 3.8) is 0 Å². The highest BCUT2D eigenvalue weighted by atomic mass is 19.1. The van der Waals surface area contributed by atoms with Gasteiger partial charge in [-0.3, -0.25) is 9.51 Å². The van der Waals surface area contributed by atoms with Crippen LogP contribution in [0.3, 0.4) is 0 Å². The van der Waals surface area contributed by atoms with E-state index in [1.165, 1.54) is 12.1 Å². The van der Waals surface area contributed by atoms with Gasteiger partial charge in [-0.25, -0.2) is 14.2 Å². The van der Waals surface area contributed by atoms with Crippen molar-refractivity contribution in [1.82, 2.24) is 19.7 Å². The number of hydrogen-bond acceptors (Lipinski definition) is 6. The van der Waals surface area contributed by atoms with E-state index < -0.39 is 11.6 Å². The Morgan fingerprint density at radius 2 is 1.92 bits per heavy atom. The van der Waals surface area contributed by atoms with E-state index in [0.717, 1.165) is 39.1 Å². The Hall–Kier alpha value is -5.18. The molecule has 3 aromatic heterocycles. The Bertz CT molecular complexity index is 1950. The first-order chi connectivity index (χ1) is 19.0. The minimum atomic E-state index is -0.648. The zero-order valence-electron chi connectivity index (χ0n) is 20.8. The molecule has 0 fully saturated rings. The molecular formula is C30H21FN4O4. The zero-order valence-corrected chi connectivity index (χ0v) is 20.8. The topological polar surface area (TPSA) is 99.1 Å². The lowest BCUT2D eigenvalue weighted by Crippen LogP contribution is -2.04. The number of furan rings is 1. The van der Waals surface area contributed by atoms with Crippen molar-refractivity contribution in [2.45, 2.75) is 20.1 Å². The molecule has 8 nitrogen and oxygen atoms in total. The summed E-state index contributed by atoms with van der Waals surface area (Å²) in [6.07, 6.45) is 1.64. The molecule has 4 heterocycles. The van der Waals surface area contributed by atoms with Gasteiger partial charge in [-0.05, 0) is 71.7 Å². The van der Waals surface area contributed by atoms with E-state index >= 15 is 0 Å². The fraction of sp³-hybridized carbons (Fsp3) is 0.100. The van der Waals surface area contributed by atoms with Crippen molar-refractivity contribution < 1.29 is 18.1 Å². The number of para-hydroxylation sites is 2. The van der Waals surface area contributed by atoms with E-state index in [2.05, 4.69) is 20.8 Å². The first-order valence-corrected chi connectivity index (χ1v) is 12.4. The van der Waals surface area contributed by atoms with Crippen LogP contribution >= 0.6 is 0 Å². The lowest BCUT2D eigenvalue weighted by Gasteiger charge is -2.15. The second-order valence-corrected chi connectivity index (χ2v) is 9.35. The summed E-state index contributed by atoms with van der Waals surface area (Å²) < 4.78 is 32.8. The van der Waals surface area contributed by atoms with Gasteiger partial charge >= 0.3 is 5.76 Å². The van der Waals surface area contributed by atoms with Gasteiger partial charge in [-0.2, -0.15) is 0 Å². The molecule has 7 rings (SSSR count). The number of allylic oxidation sites excluding steroid dienone is 1. The Kier molecular flexibility index (Phi) is 5.29. The molecule has 0 atom stereocenters. The third-order valence-electron chi connectivity index (χ3n) is 6.94. The van der Waals surface area contributed by atoms with Crippen LogP contribution < -0.4 is 10.5 Å². The van der Waals surface area contributed by atoms with E-state index in [1.807, 2.05) is 55.5 Å². The monoisotopic (exact) mass is 520 g/mol. The summed E-state index contributed by atoms with van der Waals surface area (Å²) in [5.74, 6) is 1.09. The van der Waals surface area contributed by atoms with Crippen molar-refractivity contribution in [1.29, 1.82) is 0 Å². The van der Waals surface area contributed by atoms with Crippen molar-refractivity contribution in [2.75, 3.05) is 0 Å². The normalized spacial score (nSPS) is 14.0. The number of nitrogens with one attached hydrogen (secondary N) is 1. The van der Waals surface area contributed by atoms with Crippen LogP contribution in [0, 0.1) is 5.82 Å². The number of benzene rings is 3. The molecule has 0 saturated heterocycles. The molecule has 1 N–H and O–H groups in total. The van der Waals surface area contributed by atoms with Crippen molar-refractivity contribution in [3.05, 3.63) is 124 Å². The fourth-order valence-electron chi connectivity index (χ4n) is 5.16. The van der Waals surface area contributed by atoms with Crippen LogP contribution in [0.4, 0.5) is 4.39 Å². The summed E-state index contributed by atoms with van der Waals surface area (Å²) in [6, 6.07) is 22.3. The summed E-state index contributed by atoms with van der Waals surface area (Å²) in [4.78, 5) is 19.1. The van der Waals surface area contributed by atoms with Gasteiger partial charge in [0.1, 0.15) is 18.2 Å². The smallest absolute Gasteiger partial charge is 0.439 e. The molecule has 192 valence electrons. The Morgan fingerprint density at radius 3 is 2.74 bits per heavy atom. The summed E-state index contributed by atoms with van der Waals surface area (Å²) in [5, 5.41) is 3.88. The van der Waals surface area contributed by atoms with E-state index in [4.69, 9.17) is 18.7 Å². The van der Waals surface area contributed by atoms with Crippen LogP contribution in [-0.2, 0) is 13.2 Å². The van der Waals surface area contributed by atoms with Gasteiger partial charge in [0, 0.05) is 23.7 Å². The number of fused-ring (bicyclic) bond motifs is 3. The lowest BCUT2D eigenvalue weighted by molar-refractivity contribution is 0.305. The van der Waals surface area contributed by atoms with Crippen molar-refractivity contribution in [3.8, 4) is 17.3 Å². The predicted molar refractivity (Wildman–Crippen MR) is 142 cm³/mol. The molecule has 3 aromatic carbocycles. The molecule has 1 aliphatic heterocycles. The van der Waals surface area contributed by atoms with Crippen molar-refractivity contribution in [2.24, 2.45) is 0 Å². The van der Waals surface area contributed by atoms with E-state index in [-0.39, 0.29) is 6.61 Å². The van der Waals surface area contributed by atoms with Gasteiger partial charge in [-0.15, -0.1) is 0 Å². The minimum Gasteiger partial charge on any atom is -0.488 e. The average molecular weight is 521 g/mol. The number of aromatic nitrogens is 4. The molecule has 6 aromatic rings. The molecule has 1 aliphatic rings. The number of aromatic amines is 1. The zero-order chi connectivity index (χ0) is 26.5. The predicted octanol–water partition coefficient (Wildman–Crippen LogP) is 6.03. The van der Waals surface area contributed by atoms with Crippen LogP contribution in [0.5, 0.6) is 5.75 Å². The molecule has 0 aliphatic carbocycles. The molecule has 0 saturated carbocycles. The summed E-state index contributed by atoms with van der Waals surface area (Å²) in [6.45, 7) is 2.62. The molecule has 0 unspecified atom stereocenters. The Labute approximate surface area is 221 Å². The number of imidazole rings is 1. The van der Waals surface area contributed by atoms with Gasteiger partial charge in [-0.1, -0.05) is 29.4 Å². The molecule has 0 radical (unpaired) electrons. The molecule has 0 spiro atoms. The minimum absolute atomic E-state index is 0.238. The standard InChI is InChI=1S/C30H21FN4O4/c1-17(28-33-30(36)39-34-28)27-21-10-8-18(13-19(21)16-38-26-14-20(31)9-11-22(26)27)15-35-24-6-3-2-5-23(24)32-29(35)25-7-4-12-37-25/h2-14H,15-16H2,1H3,(H,33,34,36). The first kappa shape index (κ1) is 23.0. The number of nitrogens with zero attached hydrogens (tertiary/aromatic N) is 3. The highest BCUT2D eigenvalue weighted by Gasteiger charge is 2.24. The lowest BCUT2D eigenvalue weighted by atomic mass is 9.89. The third-order valence-corrected chi connectivity index (χ3v) is 6.94. The first-order valence-electron chi connectivity index (χ1n) is 12.4. The maximum absolute atomic E-state index is 14.2. The highest BCUT2D eigenvalue weighted by molar-refractivity contribution is 5.99. The number of hydrogen-bond donors (Lipinski definition) is 1. The average Bonchev–Trinajstić information content (AvgIpc) is 3.68. The number of H-pyrrole nitrogens is 1. The van der Waals surface area contributed by atoms with Gasteiger partial charge in [0.2, 0.25) is 0 Å². The highest BCUT2D eigenvalue weighted by Crippen LogP contribution is 2.41. The summed E-state index contributed by atoms with van der Waals surface area (Å²) in [7, 11) is 0. The Morgan fingerprint density at radius 1 is 1.05 bits per heavy atom. The maximum Gasteiger partial charge on any atom is 0.439 e. The van der Waals surface area contributed by atoms with Gasteiger partial charge < -0.3 is 13.7 Å². The Balaban J connectivity index is 1.37. The van der Waals surface area contributed by atoms with Gasteiger partial charge in [0.05, 0.1) is 17.3 Å². The summed E-state index contributed by atoms with van der Waals surface area (Å²) >= 11 is 0. The quantitative estimate of drug-likeness (QED) is 0.305. The third kappa shape index (κ3) is 3.95. The van der Waals surface area contributed by atoms with Crippen LogP contribution in [0.25, 0.3) is 33.8 Å². The van der Waals surface area contributed by atoms with E-state index in [0.29, 0.717) is 35.0 Å². The van der Waals surface area contributed by atoms with Crippen LogP contribution in [0.1, 0.15) is 35.0 Å². The SMILES string of the molecule is CC(=C1c2ccc(Cn3c(-c4ccco4)nc4ccccc43)cc2COc2cc(F)ccc21)c1noc(=O)[nH]1. The largest absolute Gasteiger partial charge is 0.488 e. The van der Waals surface area contributed by atoms with Crippen LogP contribution in [0.15, 0.2) is 92.8 Å². The van der Waals surface area contributed by atoms with E-state index in [9.17, 15) is 9.18 Å². The molecule has 0 bridgehead atoms. The number of ether oxygens (including phenoxy) is 1. The number of halogens is 1. The maximum atomic E-state index is 14.2. The molecule has 9 heteroatoms. The van der Waals surface area contributed by atoms with Gasteiger partial charge in [0.25, 0.3) is 0 Å². The second kappa shape index (κ2) is 8.98. The van der Waals surface area contributed by atoms with Gasteiger partial charge in [0.15, 0.2) is 17.4 Å². The fourth-order valence-corrected chi connectivity index (χ4v) is 5.16.